The molecule has 5 atom stereocenters. The topological polar surface area (TPSA) is 80.9 Å². The van der Waals surface area contributed by atoms with Crippen molar-refractivity contribution in [2.75, 3.05) is 6.61 Å². The minimum Gasteiger partial charge on any atom is -0.396 e. The highest BCUT2D eigenvalue weighted by Gasteiger charge is 2.40. The van der Waals surface area contributed by atoms with Crippen LogP contribution in [0.15, 0.2) is 12.2 Å². The van der Waals surface area contributed by atoms with E-state index in [1.54, 1.807) is 0 Å². The molecule has 112 valence electrons. The Morgan fingerprint density at radius 1 is 1.11 bits per heavy atom. The summed E-state index contributed by atoms with van der Waals surface area (Å²) in [5.41, 5.74) is 0. The number of allylic oxidation sites excluding steroid dienone is 1. The fourth-order valence-corrected chi connectivity index (χ4v) is 3.05. The maximum atomic E-state index is 9.95. The standard InChI is InChI=1S/C15H28O4/c1-2-3-4-5-11(17)6-7-12-13(8-9-16)15(19)10-14(12)18/h3-4,11-19H,2,5-10H2,1H3/t11-,12-,13-,14-,15+/m0/s1. The molecule has 0 aromatic carbocycles. The van der Waals surface area contributed by atoms with Crippen LogP contribution in [0.2, 0.25) is 0 Å². The highest BCUT2D eigenvalue weighted by Crippen LogP contribution is 2.38. The van der Waals surface area contributed by atoms with Crippen LogP contribution in [0.4, 0.5) is 0 Å². The number of aliphatic hydroxyl groups excluding tert-OH is 4. The Balaban J connectivity index is 2.39. The predicted octanol–water partition coefficient (Wildman–Crippen LogP) is 1.22. The third-order valence-corrected chi connectivity index (χ3v) is 4.13. The second-order valence-corrected chi connectivity index (χ2v) is 5.56. The first-order valence-corrected chi connectivity index (χ1v) is 7.40. The molecular formula is C15H28O4. The summed E-state index contributed by atoms with van der Waals surface area (Å²) in [6, 6.07) is 0. The van der Waals surface area contributed by atoms with Gasteiger partial charge < -0.3 is 20.4 Å². The zero-order valence-corrected chi connectivity index (χ0v) is 11.8. The Morgan fingerprint density at radius 3 is 2.32 bits per heavy atom. The zero-order chi connectivity index (χ0) is 14.3. The summed E-state index contributed by atoms with van der Waals surface area (Å²) < 4.78 is 0. The van der Waals surface area contributed by atoms with Crippen LogP contribution in [-0.2, 0) is 0 Å². The van der Waals surface area contributed by atoms with Gasteiger partial charge in [-0.2, -0.15) is 0 Å². The van der Waals surface area contributed by atoms with Crippen molar-refractivity contribution >= 4 is 0 Å². The van der Waals surface area contributed by atoms with Gasteiger partial charge in [-0.15, -0.1) is 0 Å². The van der Waals surface area contributed by atoms with Crippen LogP contribution in [0.25, 0.3) is 0 Å². The summed E-state index contributed by atoms with van der Waals surface area (Å²) in [5.74, 6) is -0.0506. The Labute approximate surface area is 115 Å². The molecule has 0 saturated heterocycles. The molecule has 1 rings (SSSR count). The van der Waals surface area contributed by atoms with Gasteiger partial charge in [-0.1, -0.05) is 19.1 Å². The van der Waals surface area contributed by atoms with Gasteiger partial charge in [-0.05, 0) is 50.4 Å². The molecule has 19 heavy (non-hydrogen) atoms. The Hall–Kier alpha value is -0.420. The van der Waals surface area contributed by atoms with Gasteiger partial charge >= 0.3 is 0 Å². The van der Waals surface area contributed by atoms with E-state index in [1.807, 2.05) is 12.2 Å². The molecule has 0 aromatic rings. The molecular weight excluding hydrogens is 244 g/mol. The fourth-order valence-electron chi connectivity index (χ4n) is 3.05. The predicted molar refractivity (Wildman–Crippen MR) is 74.6 cm³/mol. The first kappa shape index (κ1) is 16.6. The summed E-state index contributed by atoms with van der Waals surface area (Å²) in [7, 11) is 0. The van der Waals surface area contributed by atoms with Crippen LogP contribution in [0, 0.1) is 11.8 Å². The maximum absolute atomic E-state index is 9.95. The molecule has 0 radical (unpaired) electrons. The van der Waals surface area contributed by atoms with Crippen molar-refractivity contribution in [2.24, 2.45) is 11.8 Å². The van der Waals surface area contributed by atoms with Crippen LogP contribution in [0.3, 0.4) is 0 Å². The average Bonchev–Trinajstić information content (AvgIpc) is 2.63. The molecule has 0 aliphatic heterocycles. The second kappa shape index (κ2) is 8.69. The van der Waals surface area contributed by atoms with Crippen LogP contribution in [0.5, 0.6) is 0 Å². The van der Waals surface area contributed by atoms with Crippen LogP contribution in [-0.4, -0.2) is 45.3 Å². The number of aliphatic hydroxyl groups is 4. The van der Waals surface area contributed by atoms with Crippen LogP contribution in [0.1, 0.15) is 45.4 Å². The van der Waals surface area contributed by atoms with Gasteiger partial charge in [0.05, 0.1) is 18.3 Å². The third-order valence-electron chi connectivity index (χ3n) is 4.13. The molecule has 4 nitrogen and oxygen atoms in total. The highest BCUT2D eigenvalue weighted by molar-refractivity contribution is 4.91. The molecule has 1 fully saturated rings. The van der Waals surface area contributed by atoms with Gasteiger partial charge in [-0.3, -0.25) is 0 Å². The lowest BCUT2D eigenvalue weighted by atomic mass is 9.86. The quantitative estimate of drug-likeness (QED) is 0.501. The first-order valence-electron chi connectivity index (χ1n) is 7.40. The molecule has 0 spiro atoms. The largest absolute Gasteiger partial charge is 0.396 e. The SMILES string of the molecule is CCC=CC[C@H](O)CC[C@H]1[C@H](CCO)[C@H](O)C[C@@H]1O. The molecule has 4 heteroatoms. The summed E-state index contributed by atoms with van der Waals surface area (Å²) in [5, 5.41) is 38.7. The van der Waals surface area contributed by atoms with Gasteiger partial charge in [0, 0.05) is 6.61 Å². The summed E-state index contributed by atoms with van der Waals surface area (Å²) in [6.07, 6.45) is 6.45. The Kier molecular flexibility index (Phi) is 7.61. The van der Waals surface area contributed by atoms with Crippen molar-refractivity contribution in [1.82, 2.24) is 0 Å². The van der Waals surface area contributed by atoms with E-state index in [-0.39, 0.29) is 24.5 Å². The van der Waals surface area contributed by atoms with Crippen LogP contribution >= 0.6 is 0 Å². The van der Waals surface area contributed by atoms with Gasteiger partial charge in [0.25, 0.3) is 0 Å². The van der Waals surface area contributed by atoms with Gasteiger partial charge in [0.15, 0.2) is 0 Å². The second-order valence-electron chi connectivity index (χ2n) is 5.56. The number of hydrogen-bond donors (Lipinski definition) is 4. The molecule has 0 heterocycles. The minimum absolute atomic E-state index is 0.00745. The highest BCUT2D eigenvalue weighted by atomic mass is 16.3. The molecule has 1 aliphatic rings. The zero-order valence-electron chi connectivity index (χ0n) is 11.8. The summed E-state index contributed by atoms with van der Waals surface area (Å²) >= 11 is 0. The monoisotopic (exact) mass is 272 g/mol. The van der Waals surface area contributed by atoms with Crippen molar-refractivity contribution < 1.29 is 20.4 Å². The number of rotatable bonds is 8. The number of hydrogen-bond acceptors (Lipinski definition) is 4. The van der Waals surface area contributed by atoms with E-state index < -0.39 is 12.2 Å². The summed E-state index contributed by atoms with van der Waals surface area (Å²) in [4.78, 5) is 0. The van der Waals surface area contributed by atoms with Crippen molar-refractivity contribution in [3.05, 3.63) is 12.2 Å². The lowest BCUT2D eigenvalue weighted by molar-refractivity contribution is 0.0750. The minimum atomic E-state index is -0.524. The van der Waals surface area contributed by atoms with E-state index in [9.17, 15) is 15.3 Å². The van der Waals surface area contributed by atoms with Gasteiger partial charge in [0.2, 0.25) is 0 Å². The summed E-state index contributed by atoms with van der Waals surface area (Å²) in [6.45, 7) is 2.09. The van der Waals surface area contributed by atoms with Crippen LogP contribution < -0.4 is 0 Å². The van der Waals surface area contributed by atoms with E-state index >= 15 is 0 Å². The molecule has 0 amide bonds. The van der Waals surface area contributed by atoms with Gasteiger partial charge in [-0.25, -0.2) is 0 Å². The molecule has 0 aromatic heterocycles. The average molecular weight is 272 g/mol. The first-order chi connectivity index (χ1) is 9.10. The van der Waals surface area contributed by atoms with Gasteiger partial charge in [0.1, 0.15) is 0 Å². The van der Waals surface area contributed by atoms with Crippen molar-refractivity contribution in [3.63, 3.8) is 0 Å². The smallest absolute Gasteiger partial charge is 0.0597 e. The lowest BCUT2D eigenvalue weighted by Crippen LogP contribution is -2.24. The molecule has 1 aliphatic carbocycles. The Bertz CT molecular complexity index is 267. The molecule has 0 bridgehead atoms. The van der Waals surface area contributed by atoms with E-state index in [0.29, 0.717) is 32.1 Å². The lowest BCUT2D eigenvalue weighted by Gasteiger charge is -2.23. The van der Waals surface area contributed by atoms with Crippen molar-refractivity contribution in [2.45, 2.75) is 63.8 Å². The van der Waals surface area contributed by atoms with Crippen molar-refractivity contribution in [1.29, 1.82) is 0 Å². The normalized spacial score (nSPS) is 33.1. The van der Waals surface area contributed by atoms with E-state index in [1.165, 1.54) is 0 Å². The van der Waals surface area contributed by atoms with E-state index in [0.717, 1.165) is 6.42 Å². The Morgan fingerprint density at radius 2 is 1.74 bits per heavy atom. The molecule has 0 unspecified atom stereocenters. The van der Waals surface area contributed by atoms with E-state index in [2.05, 4.69) is 6.92 Å². The molecule has 1 saturated carbocycles. The maximum Gasteiger partial charge on any atom is 0.0597 e. The third kappa shape index (κ3) is 5.22. The fraction of sp³-hybridized carbons (Fsp3) is 0.867. The molecule has 4 N–H and O–H groups in total. The van der Waals surface area contributed by atoms with E-state index in [4.69, 9.17) is 5.11 Å². The van der Waals surface area contributed by atoms with Crippen molar-refractivity contribution in [3.8, 4) is 0 Å².